The molecule has 0 saturated heterocycles. The van der Waals surface area contributed by atoms with Gasteiger partial charge in [0.2, 0.25) is 0 Å². The molecule has 0 spiro atoms. The van der Waals surface area contributed by atoms with E-state index in [4.69, 9.17) is 5.41 Å². The predicted octanol–water partition coefficient (Wildman–Crippen LogP) is -1.24. The van der Waals surface area contributed by atoms with Gasteiger partial charge in [-0.05, 0) is 6.08 Å². The van der Waals surface area contributed by atoms with E-state index in [0.29, 0.717) is 6.54 Å². The molecular formula is C8H11N4O+. The monoisotopic (exact) mass is 179 g/mol. The number of quaternary nitrogens is 1. The third-order valence-corrected chi connectivity index (χ3v) is 1.48. The molecule has 13 heavy (non-hydrogen) atoms. The van der Waals surface area contributed by atoms with Crippen molar-refractivity contribution in [1.29, 1.82) is 5.41 Å². The first-order valence-electron chi connectivity index (χ1n) is 3.82. The summed E-state index contributed by atoms with van der Waals surface area (Å²) in [5, 5.41) is 11.5. The number of aliphatic imine (C=N–C) groups is 1. The quantitative estimate of drug-likeness (QED) is 0.282. The Hall–Kier alpha value is -1.75. The van der Waals surface area contributed by atoms with Crippen molar-refractivity contribution in [3.63, 3.8) is 0 Å². The van der Waals surface area contributed by atoms with Crippen LogP contribution in [0.5, 0.6) is 0 Å². The van der Waals surface area contributed by atoms with Crippen molar-refractivity contribution in [2.24, 2.45) is 4.99 Å². The second-order valence-corrected chi connectivity index (χ2v) is 2.42. The Morgan fingerprint density at radius 3 is 3.15 bits per heavy atom. The van der Waals surface area contributed by atoms with Crippen LogP contribution >= 0.6 is 0 Å². The topological polar surface area (TPSA) is 81.9 Å². The zero-order valence-corrected chi connectivity index (χ0v) is 7.08. The average molecular weight is 179 g/mol. The third-order valence-electron chi connectivity index (χ3n) is 1.48. The van der Waals surface area contributed by atoms with E-state index in [2.05, 4.69) is 16.9 Å². The number of rotatable bonds is 3. The molecule has 1 aliphatic heterocycles. The van der Waals surface area contributed by atoms with Crippen LogP contribution in [-0.2, 0) is 4.79 Å². The Morgan fingerprint density at radius 1 is 1.77 bits per heavy atom. The molecule has 0 unspecified atom stereocenters. The van der Waals surface area contributed by atoms with Crippen molar-refractivity contribution < 1.29 is 10.1 Å². The first-order chi connectivity index (χ1) is 6.25. The lowest BCUT2D eigenvalue weighted by atomic mass is 10.2. The molecule has 0 aromatic rings. The maximum Gasteiger partial charge on any atom is 0.265 e. The summed E-state index contributed by atoms with van der Waals surface area (Å²) in [5.41, 5.74) is 0.282. The van der Waals surface area contributed by atoms with E-state index in [1.54, 1.807) is 17.6 Å². The van der Waals surface area contributed by atoms with Gasteiger partial charge in [0.1, 0.15) is 11.8 Å². The average Bonchev–Trinajstić information content (AvgIpc) is 2.10. The summed E-state index contributed by atoms with van der Waals surface area (Å²) in [6.07, 6.45) is 4.51. The fourth-order valence-corrected chi connectivity index (χ4v) is 0.847. The molecule has 0 fully saturated rings. The highest BCUT2D eigenvalue weighted by atomic mass is 16.1. The summed E-state index contributed by atoms with van der Waals surface area (Å²) in [7, 11) is 0. The third kappa shape index (κ3) is 2.34. The fraction of sp³-hybridized carbons (Fsp3) is 0.125. The minimum Gasteiger partial charge on any atom is -0.316 e. The molecule has 0 saturated carbocycles. The van der Waals surface area contributed by atoms with Crippen molar-refractivity contribution >= 4 is 18.1 Å². The van der Waals surface area contributed by atoms with Crippen LogP contribution in [0.2, 0.25) is 0 Å². The molecule has 0 radical (unpaired) electrons. The van der Waals surface area contributed by atoms with Crippen LogP contribution in [0.1, 0.15) is 0 Å². The van der Waals surface area contributed by atoms with Crippen molar-refractivity contribution in [3.05, 3.63) is 24.4 Å². The molecule has 68 valence electrons. The van der Waals surface area contributed by atoms with Crippen molar-refractivity contribution in [1.82, 2.24) is 5.32 Å². The fourth-order valence-electron chi connectivity index (χ4n) is 0.847. The van der Waals surface area contributed by atoms with Crippen LogP contribution in [0.25, 0.3) is 0 Å². The molecule has 1 rings (SSSR count). The van der Waals surface area contributed by atoms with E-state index < -0.39 is 0 Å². The molecule has 1 amide bonds. The first kappa shape index (κ1) is 9.34. The lowest BCUT2D eigenvalue weighted by Gasteiger charge is -2.06. The Kier molecular flexibility index (Phi) is 3.10. The van der Waals surface area contributed by atoms with Gasteiger partial charge >= 0.3 is 0 Å². The van der Waals surface area contributed by atoms with Gasteiger partial charge in [0.25, 0.3) is 5.91 Å². The second-order valence-electron chi connectivity index (χ2n) is 2.42. The zero-order chi connectivity index (χ0) is 9.68. The highest BCUT2D eigenvalue weighted by molar-refractivity contribution is 6.25. The molecule has 1 aliphatic rings. The van der Waals surface area contributed by atoms with Gasteiger partial charge in [-0.15, -0.1) is 0 Å². The van der Waals surface area contributed by atoms with E-state index >= 15 is 0 Å². The van der Waals surface area contributed by atoms with Gasteiger partial charge in [0, 0.05) is 0 Å². The second kappa shape index (κ2) is 4.32. The number of carbonyl (C=O) groups excluding carboxylic acids is 1. The lowest BCUT2D eigenvalue weighted by molar-refractivity contribution is -0.577. The standard InChI is InChI=1S/C8H10N4O/c1-2-3-10-4-6-7(9)11-5-12-8(6)13/h2,4-5,10H,1,3H2,(H2,9,11,12,13)/p+1. The smallest absolute Gasteiger partial charge is 0.265 e. The highest BCUT2D eigenvalue weighted by Crippen LogP contribution is 1.98. The van der Waals surface area contributed by atoms with E-state index in [9.17, 15) is 4.79 Å². The van der Waals surface area contributed by atoms with Crippen LogP contribution in [-0.4, -0.2) is 24.6 Å². The maximum atomic E-state index is 11.1. The van der Waals surface area contributed by atoms with E-state index in [1.807, 2.05) is 0 Å². The molecule has 0 aliphatic carbocycles. The van der Waals surface area contributed by atoms with Crippen LogP contribution < -0.4 is 10.6 Å². The van der Waals surface area contributed by atoms with Gasteiger partial charge in [-0.3, -0.25) is 10.2 Å². The van der Waals surface area contributed by atoms with Crippen molar-refractivity contribution in [2.75, 3.05) is 6.54 Å². The Morgan fingerprint density at radius 2 is 2.54 bits per heavy atom. The van der Waals surface area contributed by atoms with Crippen LogP contribution in [0, 0.1) is 5.41 Å². The summed E-state index contributed by atoms with van der Waals surface area (Å²) >= 11 is 0. The molecule has 0 aromatic heterocycles. The molecule has 0 bridgehead atoms. The maximum absolute atomic E-state index is 11.1. The number of nitrogens with two attached hydrogens (primary N) is 1. The van der Waals surface area contributed by atoms with Crippen molar-refractivity contribution in [3.8, 4) is 0 Å². The molecule has 1 heterocycles. The summed E-state index contributed by atoms with van der Waals surface area (Å²) in [5.74, 6) is -0.302. The van der Waals surface area contributed by atoms with Gasteiger partial charge in [0.15, 0.2) is 5.84 Å². The number of nitrogens with one attached hydrogen (secondary N) is 2. The summed E-state index contributed by atoms with van der Waals surface area (Å²) in [6, 6.07) is 0. The number of nitrogens with zero attached hydrogens (tertiary/aromatic N) is 1. The zero-order valence-electron chi connectivity index (χ0n) is 7.08. The van der Waals surface area contributed by atoms with Crippen molar-refractivity contribution in [2.45, 2.75) is 0 Å². The molecule has 5 heteroatoms. The lowest BCUT2D eigenvalue weighted by Crippen LogP contribution is -2.78. The number of amidine groups is 1. The van der Waals surface area contributed by atoms with Gasteiger partial charge in [-0.2, -0.15) is 0 Å². The summed E-state index contributed by atoms with van der Waals surface area (Å²) < 4.78 is 0. The molecule has 0 aromatic carbocycles. The van der Waals surface area contributed by atoms with Gasteiger partial charge in [-0.1, -0.05) is 6.58 Å². The van der Waals surface area contributed by atoms with E-state index in [0.717, 1.165) is 0 Å². The molecule has 5 nitrogen and oxygen atoms in total. The number of carbonyl (C=O) groups is 1. The Bertz CT molecular complexity index is 303. The van der Waals surface area contributed by atoms with E-state index in [1.165, 1.54) is 6.34 Å². The van der Waals surface area contributed by atoms with E-state index in [-0.39, 0.29) is 17.3 Å². The Labute approximate surface area is 75.8 Å². The first-order valence-corrected chi connectivity index (χ1v) is 3.82. The van der Waals surface area contributed by atoms with Crippen LogP contribution in [0.3, 0.4) is 0 Å². The molecular weight excluding hydrogens is 168 g/mol. The van der Waals surface area contributed by atoms with Crippen LogP contribution in [0.15, 0.2) is 29.4 Å². The highest BCUT2D eigenvalue weighted by Gasteiger charge is 2.18. The minimum atomic E-state index is -0.291. The largest absolute Gasteiger partial charge is 0.316 e. The molecule has 0 atom stereocenters. The van der Waals surface area contributed by atoms with Gasteiger partial charge < -0.3 is 10.6 Å². The predicted molar refractivity (Wildman–Crippen MR) is 49.4 cm³/mol. The normalized spacial score (nSPS) is 18.9. The summed E-state index contributed by atoms with van der Waals surface area (Å²) in [4.78, 5) is 14.8. The Balaban J connectivity index is 2.70. The summed E-state index contributed by atoms with van der Waals surface area (Å²) in [6.45, 7) is 4.21. The number of amides is 1. The van der Waals surface area contributed by atoms with Gasteiger partial charge in [-0.25, -0.2) is 4.99 Å². The SMILES string of the molecule is C=CC[NH2+]C=C1C(=N)N=CNC1=O. The van der Waals surface area contributed by atoms with Crippen LogP contribution in [0.4, 0.5) is 0 Å². The van der Waals surface area contributed by atoms with Gasteiger partial charge in [0.05, 0.1) is 12.9 Å². The minimum absolute atomic E-state index is 0.0101. The number of hydrogen-bond donors (Lipinski definition) is 3. The number of hydrogen-bond acceptors (Lipinski definition) is 2. The molecule has 4 N–H and O–H groups in total.